The van der Waals surface area contributed by atoms with E-state index in [-0.39, 0.29) is 23.4 Å². The smallest absolute Gasteiger partial charge is 0.324 e. The van der Waals surface area contributed by atoms with Gasteiger partial charge >= 0.3 is 6.03 Å². The molecule has 0 unspecified atom stereocenters. The SMILES string of the molecule is CS(=O)(=O)c1ccc(CN2C(=O)NC3(CCN(CC[C@H](N)c4ccccc4)CC3)C2=O)cc1.O=S(=O)(O)C1CC1. The number of piperidine rings is 1. The van der Waals surface area contributed by atoms with Crippen LogP contribution in [0.4, 0.5) is 4.79 Å². The third-order valence-corrected chi connectivity index (χ3v) is 10.0. The summed E-state index contributed by atoms with van der Waals surface area (Å²) in [6.45, 7) is 2.38. The number of nitrogens with zero attached hydrogens (tertiary/aromatic N) is 2. The van der Waals surface area contributed by atoms with Gasteiger partial charge < -0.3 is 16.0 Å². The Balaban J connectivity index is 0.000000461. The number of urea groups is 1. The molecule has 218 valence electrons. The third-order valence-electron chi connectivity index (χ3n) is 7.58. The van der Waals surface area contributed by atoms with Gasteiger partial charge in [0.25, 0.3) is 16.0 Å². The van der Waals surface area contributed by atoms with E-state index in [1.807, 2.05) is 30.3 Å². The molecule has 0 bridgehead atoms. The zero-order chi connectivity index (χ0) is 29.1. The quantitative estimate of drug-likeness (QED) is 0.307. The second kappa shape index (κ2) is 12.0. The van der Waals surface area contributed by atoms with Gasteiger partial charge in [-0.2, -0.15) is 8.42 Å². The lowest BCUT2D eigenvalue weighted by atomic mass is 9.87. The molecular formula is C27H36N4O7S2. The fraction of sp³-hybridized carbons (Fsp3) is 0.481. The van der Waals surface area contributed by atoms with Gasteiger partial charge in [-0.15, -0.1) is 0 Å². The number of hydrogen-bond acceptors (Lipinski definition) is 8. The number of hydrogen-bond donors (Lipinski definition) is 3. The lowest BCUT2D eigenvalue weighted by molar-refractivity contribution is -0.133. The summed E-state index contributed by atoms with van der Waals surface area (Å²) in [4.78, 5) is 29.5. The van der Waals surface area contributed by atoms with Crippen molar-refractivity contribution in [2.45, 2.75) is 60.4 Å². The number of carbonyl (C=O) groups excluding carboxylic acids is 2. The van der Waals surface area contributed by atoms with E-state index >= 15 is 0 Å². The van der Waals surface area contributed by atoms with Crippen LogP contribution in [0.25, 0.3) is 0 Å². The van der Waals surface area contributed by atoms with Crippen molar-refractivity contribution < 1.29 is 31.0 Å². The van der Waals surface area contributed by atoms with Crippen molar-refractivity contribution >= 4 is 31.9 Å². The molecule has 11 nitrogen and oxygen atoms in total. The highest BCUT2D eigenvalue weighted by atomic mass is 32.2. The first-order valence-corrected chi connectivity index (χ1v) is 16.6. The fourth-order valence-electron chi connectivity index (χ4n) is 4.90. The Kier molecular flexibility index (Phi) is 9.00. The Bertz CT molecular complexity index is 1420. The predicted molar refractivity (Wildman–Crippen MR) is 150 cm³/mol. The monoisotopic (exact) mass is 592 g/mol. The van der Waals surface area contributed by atoms with E-state index in [1.165, 1.54) is 17.0 Å². The minimum Gasteiger partial charge on any atom is -0.324 e. The van der Waals surface area contributed by atoms with E-state index in [0.29, 0.717) is 44.3 Å². The van der Waals surface area contributed by atoms with Crippen molar-refractivity contribution in [3.8, 4) is 0 Å². The Morgan fingerprint density at radius 2 is 1.60 bits per heavy atom. The number of sulfone groups is 1. The van der Waals surface area contributed by atoms with Crippen molar-refractivity contribution in [2.75, 3.05) is 25.9 Å². The molecule has 2 aromatic carbocycles. The van der Waals surface area contributed by atoms with Gasteiger partial charge in [0.15, 0.2) is 9.84 Å². The second-order valence-electron chi connectivity index (χ2n) is 10.7. The summed E-state index contributed by atoms with van der Waals surface area (Å²) in [6, 6.07) is 15.9. The maximum absolute atomic E-state index is 13.2. The zero-order valence-electron chi connectivity index (χ0n) is 22.4. The van der Waals surface area contributed by atoms with Crippen LogP contribution >= 0.6 is 0 Å². The van der Waals surface area contributed by atoms with E-state index in [1.54, 1.807) is 12.1 Å². The van der Waals surface area contributed by atoms with Crippen LogP contribution in [0, 0.1) is 0 Å². The molecule has 1 atom stereocenters. The summed E-state index contributed by atoms with van der Waals surface area (Å²) in [5, 5.41) is 2.50. The summed E-state index contributed by atoms with van der Waals surface area (Å²) in [6.07, 6.45) is 4.36. The summed E-state index contributed by atoms with van der Waals surface area (Å²) < 4.78 is 51.3. The van der Waals surface area contributed by atoms with Gasteiger partial charge in [-0.05, 0) is 61.9 Å². The molecule has 2 heterocycles. The molecule has 13 heteroatoms. The number of benzene rings is 2. The van der Waals surface area contributed by atoms with Gasteiger partial charge in [0.2, 0.25) is 0 Å². The lowest BCUT2D eigenvalue weighted by Gasteiger charge is -2.37. The van der Waals surface area contributed by atoms with E-state index in [2.05, 4.69) is 10.2 Å². The average molecular weight is 593 g/mol. The van der Waals surface area contributed by atoms with Crippen molar-refractivity contribution in [3.05, 3.63) is 65.7 Å². The second-order valence-corrected chi connectivity index (χ2v) is 14.4. The summed E-state index contributed by atoms with van der Waals surface area (Å²) >= 11 is 0. The number of likely N-dealkylation sites (tertiary alicyclic amines) is 1. The Hall–Kier alpha value is -2.84. The summed E-state index contributed by atoms with van der Waals surface area (Å²) in [5.74, 6) is -0.208. The number of nitrogens with two attached hydrogens (primary N) is 1. The molecule has 3 amide bonds. The first kappa shape index (κ1) is 30.1. The molecule has 3 fully saturated rings. The molecule has 1 spiro atoms. The van der Waals surface area contributed by atoms with Crippen molar-refractivity contribution in [3.63, 3.8) is 0 Å². The molecule has 2 aliphatic heterocycles. The highest BCUT2D eigenvalue weighted by molar-refractivity contribution is 7.90. The molecule has 2 saturated heterocycles. The van der Waals surface area contributed by atoms with Gasteiger partial charge in [-0.1, -0.05) is 42.5 Å². The molecule has 2 aromatic rings. The standard InChI is InChI=1S/C24H30N4O4S.C3H6O3S/c1-33(31,32)20-9-7-18(8-10-20)17-28-22(29)24(26-23(28)30)12-15-27(16-13-24)14-11-21(25)19-5-3-2-4-6-19;4-7(5,6)3-1-2-3/h2-10,21H,11-17,25H2,1H3,(H,26,30);3H,1-2H2,(H,4,5,6)/t21-;/m0./s1. The fourth-order valence-corrected chi connectivity index (χ4v) is 6.26. The van der Waals surface area contributed by atoms with E-state index in [9.17, 15) is 26.4 Å². The minimum absolute atomic E-state index is 0.0283. The van der Waals surface area contributed by atoms with E-state index < -0.39 is 36.8 Å². The topological polar surface area (TPSA) is 167 Å². The van der Waals surface area contributed by atoms with Gasteiger partial charge in [0.05, 0.1) is 16.7 Å². The van der Waals surface area contributed by atoms with Crippen LogP contribution in [0.5, 0.6) is 0 Å². The highest BCUT2D eigenvalue weighted by Crippen LogP contribution is 2.31. The Morgan fingerprint density at radius 3 is 2.10 bits per heavy atom. The normalized spacial score (nSPS) is 20.1. The van der Waals surface area contributed by atoms with Crippen LogP contribution < -0.4 is 11.1 Å². The lowest BCUT2D eigenvalue weighted by Crippen LogP contribution is -2.55. The van der Waals surface area contributed by atoms with Crippen molar-refractivity contribution in [2.24, 2.45) is 5.73 Å². The molecule has 5 rings (SSSR count). The minimum atomic E-state index is -3.63. The van der Waals surface area contributed by atoms with Crippen LogP contribution in [0.1, 0.15) is 49.3 Å². The summed E-state index contributed by atoms with van der Waals surface area (Å²) in [7, 11) is -6.92. The van der Waals surface area contributed by atoms with Crippen LogP contribution in [-0.4, -0.2) is 79.8 Å². The first-order chi connectivity index (χ1) is 18.8. The average Bonchev–Trinajstić information content (AvgIpc) is 3.75. The first-order valence-electron chi connectivity index (χ1n) is 13.2. The number of nitrogens with one attached hydrogen (secondary N) is 1. The number of amides is 3. The van der Waals surface area contributed by atoms with Crippen LogP contribution in [0.15, 0.2) is 59.5 Å². The molecule has 0 radical (unpaired) electrons. The van der Waals surface area contributed by atoms with Crippen LogP contribution in [0.3, 0.4) is 0 Å². The third kappa shape index (κ3) is 7.46. The van der Waals surface area contributed by atoms with Gasteiger partial charge in [-0.25, -0.2) is 13.2 Å². The predicted octanol–water partition coefficient (Wildman–Crippen LogP) is 2.10. The van der Waals surface area contributed by atoms with E-state index in [4.69, 9.17) is 10.3 Å². The number of imide groups is 1. The Labute approximate surface area is 235 Å². The largest absolute Gasteiger partial charge is 0.325 e. The molecule has 1 aliphatic carbocycles. The number of carbonyl (C=O) groups is 2. The molecular weight excluding hydrogens is 556 g/mol. The molecule has 1 saturated carbocycles. The van der Waals surface area contributed by atoms with E-state index in [0.717, 1.165) is 24.8 Å². The van der Waals surface area contributed by atoms with Gasteiger partial charge in [-0.3, -0.25) is 14.2 Å². The van der Waals surface area contributed by atoms with Gasteiger partial charge in [0.1, 0.15) is 5.54 Å². The zero-order valence-corrected chi connectivity index (χ0v) is 24.0. The molecule has 3 aliphatic rings. The highest BCUT2D eigenvalue weighted by Gasteiger charge is 2.52. The van der Waals surface area contributed by atoms with Crippen LogP contribution in [0.2, 0.25) is 0 Å². The Morgan fingerprint density at radius 1 is 1.00 bits per heavy atom. The maximum atomic E-state index is 13.2. The van der Waals surface area contributed by atoms with Crippen LogP contribution in [-0.2, 0) is 31.3 Å². The van der Waals surface area contributed by atoms with Crippen molar-refractivity contribution in [1.82, 2.24) is 15.1 Å². The molecule has 40 heavy (non-hydrogen) atoms. The van der Waals surface area contributed by atoms with Crippen molar-refractivity contribution in [1.29, 1.82) is 0 Å². The molecule has 0 aromatic heterocycles. The van der Waals surface area contributed by atoms with Gasteiger partial charge in [0, 0.05) is 25.4 Å². The number of rotatable bonds is 8. The molecule has 4 N–H and O–H groups in total. The summed E-state index contributed by atoms with van der Waals surface area (Å²) in [5.41, 5.74) is 7.27. The maximum Gasteiger partial charge on any atom is 0.325 e.